The van der Waals surface area contributed by atoms with E-state index in [1.807, 2.05) is 0 Å². The monoisotopic (exact) mass is 87.1 g/mol. The van der Waals surface area contributed by atoms with E-state index < -0.39 is 0 Å². The summed E-state index contributed by atoms with van der Waals surface area (Å²) in [6.45, 7) is 1.80. The molecule has 0 fully saturated rings. The number of nitrogens with one attached hydrogen (secondary N) is 1. The number of hydrogen-bond acceptors (Lipinski definition) is 2. The van der Waals surface area contributed by atoms with Crippen LogP contribution in [0.4, 0.5) is 0 Å². The van der Waals surface area contributed by atoms with E-state index in [1.54, 1.807) is 14.0 Å². The molecule has 0 amide bonds. The van der Waals surface area contributed by atoms with Crippen LogP contribution in [-0.2, 0) is 4.79 Å². The summed E-state index contributed by atoms with van der Waals surface area (Å²) >= 11 is 0. The van der Waals surface area contributed by atoms with Gasteiger partial charge in [-0.05, 0) is 14.0 Å². The van der Waals surface area contributed by atoms with Gasteiger partial charge in [-0.2, -0.15) is 0 Å². The van der Waals surface area contributed by atoms with E-state index >= 15 is 0 Å². The van der Waals surface area contributed by atoms with Crippen LogP contribution in [0.5, 0.6) is 0 Å². The van der Waals surface area contributed by atoms with Gasteiger partial charge in [-0.25, -0.2) is 0 Å². The van der Waals surface area contributed by atoms with Crippen LogP contribution in [0.1, 0.15) is 6.92 Å². The second kappa shape index (κ2) is 2.85. The van der Waals surface area contributed by atoms with Crippen LogP contribution in [0, 0.1) is 0 Å². The number of likely N-dealkylation sites (N-methyl/N-ethyl adjacent to an activating group) is 1. The summed E-state index contributed by atoms with van der Waals surface area (Å²) in [6.07, 6.45) is 0.861. The minimum atomic E-state index is 0.00463. The van der Waals surface area contributed by atoms with Crippen molar-refractivity contribution in [1.82, 2.24) is 5.32 Å². The van der Waals surface area contributed by atoms with Crippen LogP contribution < -0.4 is 5.32 Å². The third-order valence-corrected chi connectivity index (χ3v) is 0.659. The third-order valence-electron chi connectivity index (χ3n) is 0.659. The number of carbonyl (C=O) groups is 1. The number of carbonyl (C=O) groups excluding carboxylic acids is 1. The Balaban J connectivity index is 2.96. The van der Waals surface area contributed by atoms with Crippen molar-refractivity contribution in [2.75, 3.05) is 7.05 Å². The lowest BCUT2D eigenvalue weighted by Gasteiger charge is -1.94. The summed E-state index contributed by atoms with van der Waals surface area (Å²) in [4.78, 5) is 9.67. The van der Waals surface area contributed by atoms with Gasteiger partial charge < -0.3 is 10.1 Å². The topological polar surface area (TPSA) is 29.1 Å². The van der Waals surface area contributed by atoms with Crippen molar-refractivity contribution >= 4 is 6.29 Å². The van der Waals surface area contributed by atoms with E-state index in [1.165, 1.54) is 0 Å². The molecule has 2 heteroatoms. The number of hydrogen-bond donors (Lipinski definition) is 1. The van der Waals surface area contributed by atoms with Crippen molar-refractivity contribution < 1.29 is 4.79 Å². The molecule has 0 aliphatic carbocycles. The summed E-state index contributed by atoms with van der Waals surface area (Å²) in [5.41, 5.74) is 0. The molecular formula is C4H9NO. The molecule has 0 heterocycles. The van der Waals surface area contributed by atoms with Gasteiger partial charge in [0.05, 0.1) is 6.04 Å². The first-order valence-electron chi connectivity index (χ1n) is 1.94. The summed E-state index contributed by atoms with van der Waals surface area (Å²) in [6, 6.07) is 0.00463. The highest BCUT2D eigenvalue weighted by atomic mass is 16.1. The largest absolute Gasteiger partial charge is 0.311 e. The first-order valence-corrected chi connectivity index (χ1v) is 1.94. The molecular weight excluding hydrogens is 78.0 g/mol. The van der Waals surface area contributed by atoms with Gasteiger partial charge in [-0.1, -0.05) is 0 Å². The SMILES string of the molecule is CNC(C)C=O. The quantitative estimate of drug-likeness (QED) is 0.472. The van der Waals surface area contributed by atoms with Crippen molar-refractivity contribution in [3.05, 3.63) is 0 Å². The zero-order valence-electron chi connectivity index (χ0n) is 4.06. The molecule has 0 radical (unpaired) electrons. The van der Waals surface area contributed by atoms with Gasteiger partial charge in [0.25, 0.3) is 0 Å². The Bertz CT molecular complexity index is 44.8. The predicted octanol–water partition coefficient (Wildman–Crippen LogP) is -0.207. The van der Waals surface area contributed by atoms with Gasteiger partial charge >= 0.3 is 0 Å². The Morgan fingerprint density at radius 1 is 1.83 bits per heavy atom. The average molecular weight is 87.1 g/mol. The molecule has 0 aliphatic rings. The zero-order chi connectivity index (χ0) is 4.99. The molecule has 0 aliphatic heterocycles. The Labute approximate surface area is 37.5 Å². The lowest BCUT2D eigenvalue weighted by molar-refractivity contribution is -0.109. The van der Waals surface area contributed by atoms with E-state index in [-0.39, 0.29) is 6.04 Å². The van der Waals surface area contributed by atoms with Crippen LogP contribution in [0.3, 0.4) is 0 Å². The minimum absolute atomic E-state index is 0.00463. The van der Waals surface area contributed by atoms with Crippen molar-refractivity contribution in [2.24, 2.45) is 0 Å². The van der Waals surface area contributed by atoms with E-state index in [0.717, 1.165) is 6.29 Å². The summed E-state index contributed by atoms with van der Waals surface area (Å²) in [7, 11) is 1.75. The van der Waals surface area contributed by atoms with Crippen LogP contribution in [0.25, 0.3) is 0 Å². The van der Waals surface area contributed by atoms with E-state index in [4.69, 9.17) is 0 Å². The van der Waals surface area contributed by atoms with Gasteiger partial charge in [0, 0.05) is 0 Å². The van der Waals surface area contributed by atoms with E-state index in [2.05, 4.69) is 5.32 Å². The Morgan fingerprint density at radius 2 is 2.33 bits per heavy atom. The number of aldehydes is 1. The maximum Gasteiger partial charge on any atom is 0.136 e. The molecule has 1 unspecified atom stereocenters. The molecule has 6 heavy (non-hydrogen) atoms. The molecule has 0 bridgehead atoms. The second-order valence-corrected chi connectivity index (χ2v) is 1.21. The average Bonchev–Trinajstić information content (AvgIpc) is 1.65. The van der Waals surface area contributed by atoms with Crippen molar-refractivity contribution in [3.8, 4) is 0 Å². The molecule has 0 aromatic heterocycles. The Kier molecular flexibility index (Phi) is 2.67. The zero-order valence-corrected chi connectivity index (χ0v) is 4.06. The van der Waals surface area contributed by atoms with E-state index in [0.29, 0.717) is 0 Å². The smallest absolute Gasteiger partial charge is 0.136 e. The molecule has 0 aromatic carbocycles. The van der Waals surface area contributed by atoms with Crippen molar-refractivity contribution in [3.63, 3.8) is 0 Å². The normalized spacial score (nSPS) is 13.7. The Hall–Kier alpha value is -0.370. The van der Waals surface area contributed by atoms with Crippen LogP contribution in [0.15, 0.2) is 0 Å². The molecule has 2 nitrogen and oxygen atoms in total. The molecule has 0 saturated heterocycles. The molecule has 0 aromatic rings. The standard InChI is InChI=1S/C4H9NO/c1-4(3-6)5-2/h3-5H,1-2H3. The molecule has 36 valence electrons. The lowest BCUT2D eigenvalue weighted by atomic mass is 10.4. The van der Waals surface area contributed by atoms with Gasteiger partial charge in [0.2, 0.25) is 0 Å². The highest BCUT2D eigenvalue weighted by molar-refractivity contribution is 5.56. The van der Waals surface area contributed by atoms with Gasteiger partial charge in [-0.15, -0.1) is 0 Å². The molecule has 0 spiro atoms. The van der Waals surface area contributed by atoms with Crippen molar-refractivity contribution in [1.29, 1.82) is 0 Å². The van der Waals surface area contributed by atoms with Crippen LogP contribution in [0.2, 0.25) is 0 Å². The lowest BCUT2D eigenvalue weighted by Crippen LogP contribution is -2.21. The maximum atomic E-state index is 9.67. The summed E-state index contributed by atoms with van der Waals surface area (Å²) in [5, 5.41) is 2.75. The fraction of sp³-hybridized carbons (Fsp3) is 0.750. The van der Waals surface area contributed by atoms with E-state index in [9.17, 15) is 4.79 Å². The molecule has 1 N–H and O–H groups in total. The number of rotatable bonds is 2. The molecule has 0 saturated carbocycles. The third kappa shape index (κ3) is 1.91. The first-order chi connectivity index (χ1) is 2.81. The van der Waals surface area contributed by atoms with Crippen LogP contribution in [-0.4, -0.2) is 19.4 Å². The second-order valence-electron chi connectivity index (χ2n) is 1.21. The molecule has 1 atom stereocenters. The predicted molar refractivity (Wildman–Crippen MR) is 24.6 cm³/mol. The maximum absolute atomic E-state index is 9.67. The van der Waals surface area contributed by atoms with Crippen LogP contribution >= 0.6 is 0 Å². The Morgan fingerprint density at radius 3 is 2.33 bits per heavy atom. The summed E-state index contributed by atoms with van der Waals surface area (Å²) in [5.74, 6) is 0. The van der Waals surface area contributed by atoms with Gasteiger partial charge in [-0.3, -0.25) is 0 Å². The molecule has 0 rings (SSSR count). The van der Waals surface area contributed by atoms with Gasteiger partial charge in [0.1, 0.15) is 6.29 Å². The highest BCUT2D eigenvalue weighted by Crippen LogP contribution is 1.64. The fourth-order valence-electron chi connectivity index (χ4n) is 0.0680. The van der Waals surface area contributed by atoms with Crippen molar-refractivity contribution in [2.45, 2.75) is 13.0 Å². The minimum Gasteiger partial charge on any atom is -0.311 e. The van der Waals surface area contributed by atoms with Gasteiger partial charge in [0.15, 0.2) is 0 Å². The highest BCUT2D eigenvalue weighted by Gasteiger charge is 1.86. The fourth-order valence-corrected chi connectivity index (χ4v) is 0.0680. The first kappa shape index (κ1) is 5.63. The summed E-state index contributed by atoms with van der Waals surface area (Å²) < 4.78 is 0.